The number of aromatic nitrogens is 1. The van der Waals surface area contributed by atoms with Crippen LogP contribution in [0.3, 0.4) is 0 Å². The Morgan fingerprint density at radius 2 is 2.00 bits per heavy atom. The fourth-order valence-electron chi connectivity index (χ4n) is 2.39. The summed E-state index contributed by atoms with van der Waals surface area (Å²) in [7, 11) is 1.68. The highest BCUT2D eigenvalue weighted by atomic mass is 35.5. The first-order valence-electron chi connectivity index (χ1n) is 7.69. The molecule has 4 nitrogen and oxygen atoms in total. The van der Waals surface area contributed by atoms with Crippen LogP contribution in [-0.4, -0.2) is 24.5 Å². The minimum atomic E-state index is 0.125. The molecule has 2 N–H and O–H groups in total. The Labute approximate surface area is 136 Å². The molecular formula is C17H22ClN3O. The lowest BCUT2D eigenvalue weighted by molar-refractivity contribution is -0.120. The Balaban J connectivity index is 1.75. The zero-order chi connectivity index (χ0) is 15.8. The number of pyridine rings is 1. The van der Waals surface area contributed by atoms with E-state index in [9.17, 15) is 4.79 Å². The van der Waals surface area contributed by atoms with Crippen molar-refractivity contribution in [2.24, 2.45) is 0 Å². The van der Waals surface area contributed by atoms with Crippen LogP contribution in [0.1, 0.15) is 32.1 Å². The molecule has 0 aliphatic rings. The molecule has 22 heavy (non-hydrogen) atoms. The maximum Gasteiger partial charge on any atom is 0.219 e. The molecule has 1 heterocycles. The van der Waals surface area contributed by atoms with Crippen LogP contribution in [0.2, 0.25) is 5.02 Å². The van der Waals surface area contributed by atoms with Crippen molar-refractivity contribution in [2.45, 2.75) is 32.1 Å². The van der Waals surface area contributed by atoms with Gasteiger partial charge in [0.1, 0.15) is 0 Å². The van der Waals surface area contributed by atoms with Gasteiger partial charge in [-0.3, -0.25) is 9.78 Å². The number of amides is 1. The molecule has 2 aromatic rings. The third-order valence-corrected chi connectivity index (χ3v) is 3.86. The molecule has 0 bridgehead atoms. The highest BCUT2D eigenvalue weighted by molar-refractivity contribution is 6.31. The van der Waals surface area contributed by atoms with E-state index in [-0.39, 0.29) is 5.91 Å². The van der Waals surface area contributed by atoms with Gasteiger partial charge in [-0.1, -0.05) is 24.4 Å². The molecule has 2 rings (SSSR count). The molecule has 0 saturated heterocycles. The van der Waals surface area contributed by atoms with Crippen LogP contribution in [0.4, 0.5) is 5.69 Å². The lowest BCUT2D eigenvalue weighted by atomic mass is 10.1. The van der Waals surface area contributed by atoms with Gasteiger partial charge >= 0.3 is 0 Å². The fraction of sp³-hybridized carbons (Fsp3) is 0.412. The van der Waals surface area contributed by atoms with Crippen molar-refractivity contribution in [3.05, 3.63) is 35.5 Å². The Hall–Kier alpha value is -1.81. The maximum absolute atomic E-state index is 11.1. The van der Waals surface area contributed by atoms with Crippen molar-refractivity contribution >= 4 is 34.1 Å². The lowest BCUT2D eigenvalue weighted by Gasteiger charge is -2.09. The first-order valence-corrected chi connectivity index (χ1v) is 8.07. The highest BCUT2D eigenvalue weighted by Crippen LogP contribution is 2.24. The van der Waals surface area contributed by atoms with E-state index in [1.807, 2.05) is 24.3 Å². The number of carbonyl (C=O) groups is 1. The van der Waals surface area contributed by atoms with E-state index in [0.717, 1.165) is 48.8 Å². The summed E-state index contributed by atoms with van der Waals surface area (Å²) in [6.07, 6.45) is 6.67. The normalized spacial score (nSPS) is 10.6. The highest BCUT2D eigenvalue weighted by Gasteiger charge is 2.02. The second-order valence-corrected chi connectivity index (χ2v) is 5.72. The van der Waals surface area contributed by atoms with Crippen molar-refractivity contribution in [1.82, 2.24) is 10.3 Å². The summed E-state index contributed by atoms with van der Waals surface area (Å²) in [5.74, 6) is 0.125. The van der Waals surface area contributed by atoms with Gasteiger partial charge < -0.3 is 10.6 Å². The van der Waals surface area contributed by atoms with Gasteiger partial charge in [0.25, 0.3) is 0 Å². The van der Waals surface area contributed by atoms with E-state index in [1.54, 1.807) is 13.2 Å². The molecule has 0 radical (unpaired) electrons. The molecule has 1 amide bonds. The Kier molecular flexibility index (Phi) is 6.46. The lowest BCUT2D eigenvalue weighted by Crippen LogP contribution is -2.16. The van der Waals surface area contributed by atoms with Gasteiger partial charge in [0.2, 0.25) is 5.91 Å². The molecule has 5 heteroatoms. The van der Waals surface area contributed by atoms with E-state index < -0.39 is 0 Å². The van der Waals surface area contributed by atoms with E-state index in [0.29, 0.717) is 11.4 Å². The van der Waals surface area contributed by atoms with Crippen LogP contribution >= 0.6 is 11.6 Å². The van der Waals surface area contributed by atoms with Gasteiger partial charge in [-0.05, 0) is 37.1 Å². The van der Waals surface area contributed by atoms with Crippen molar-refractivity contribution in [1.29, 1.82) is 0 Å². The van der Waals surface area contributed by atoms with Crippen LogP contribution in [0.25, 0.3) is 10.9 Å². The van der Waals surface area contributed by atoms with Gasteiger partial charge in [-0.15, -0.1) is 0 Å². The number of halogens is 1. The summed E-state index contributed by atoms with van der Waals surface area (Å²) in [6.45, 7) is 0.918. The van der Waals surface area contributed by atoms with Gasteiger partial charge in [-0.25, -0.2) is 0 Å². The molecule has 1 aromatic heterocycles. The zero-order valence-corrected chi connectivity index (χ0v) is 13.6. The summed E-state index contributed by atoms with van der Waals surface area (Å²) in [4.78, 5) is 15.4. The van der Waals surface area contributed by atoms with Crippen molar-refractivity contribution in [2.75, 3.05) is 18.9 Å². The number of nitrogens with zero attached hydrogens (tertiary/aromatic N) is 1. The molecule has 0 aliphatic carbocycles. The number of benzene rings is 1. The van der Waals surface area contributed by atoms with Crippen LogP contribution in [0.15, 0.2) is 30.5 Å². The van der Waals surface area contributed by atoms with Crippen molar-refractivity contribution in [3.63, 3.8) is 0 Å². The number of rotatable bonds is 8. The fourth-order valence-corrected chi connectivity index (χ4v) is 2.55. The van der Waals surface area contributed by atoms with E-state index in [4.69, 9.17) is 11.6 Å². The second kappa shape index (κ2) is 8.59. The summed E-state index contributed by atoms with van der Waals surface area (Å²) >= 11 is 5.99. The summed E-state index contributed by atoms with van der Waals surface area (Å²) in [6, 6.07) is 7.74. The average molecular weight is 320 g/mol. The third-order valence-electron chi connectivity index (χ3n) is 3.63. The largest absolute Gasteiger partial charge is 0.384 e. The van der Waals surface area contributed by atoms with Gasteiger partial charge in [0.15, 0.2) is 0 Å². The van der Waals surface area contributed by atoms with Crippen molar-refractivity contribution in [3.8, 4) is 0 Å². The molecule has 0 spiro atoms. The predicted octanol–water partition coefficient (Wildman–Crippen LogP) is 4.00. The molecular weight excluding hydrogens is 298 g/mol. The van der Waals surface area contributed by atoms with Crippen molar-refractivity contribution < 1.29 is 4.79 Å². The first kappa shape index (κ1) is 16.6. The molecule has 0 unspecified atom stereocenters. The van der Waals surface area contributed by atoms with Crippen LogP contribution < -0.4 is 10.6 Å². The zero-order valence-electron chi connectivity index (χ0n) is 12.9. The topological polar surface area (TPSA) is 54.0 Å². The Morgan fingerprint density at radius 1 is 1.18 bits per heavy atom. The number of unbranched alkanes of at least 4 members (excludes halogenated alkanes) is 3. The molecule has 118 valence electrons. The molecule has 0 saturated carbocycles. The van der Waals surface area contributed by atoms with Gasteiger partial charge in [0, 0.05) is 42.3 Å². The van der Waals surface area contributed by atoms with Gasteiger partial charge in [-0.2, -0.15) is 0 Å². The summed E-state index contributed by atoms with van der Waals surface area (Å²) in [5, 5.41) is 7.89. The SMILES string of the molecule is CNC(=O)CCCCCCNc1ccnc2cc(Cl)ccc12. The molecule has 1 aromatic carbocycles. The van der Waals surface area contributed by atoms with Crippen LogP contribution in [0, 0.1) is 0 Å². The van der Waals surface area contributed by atoms with Crippen LogP contribution in [0.5, 0.6) is 0 Å². The number of anilines is 1. The maximum atomic E-state index is 11.1. The van der Waals surface area contributed by atoms with Crippen LogP contribution in [-0.2, 0) is 4.79 Å². The van der Waals surface area contributed by atoms with E-state index >= 15 is 0 Å². The quantitative estimate of drug-likeness (QED) is 0.723. The average Bonchev–Trinajstić information content (AvgIpc) is 2.53. The summed E-state index contributed by atoms with van der Waals surface area (Å²) < 4.78 is 0. The summed E-state index contributed by atoms with van der Waals surface area (Å²) in [5.41, 5.74) is 2.00. The minimum absolute atomic E-state index is 0.125. The number of hydrogen-bond acceptors (Lipinski definition) is 3. The number of hydrogen-bond donors (Lipinski definition) is 2. The third kappa shape index (κ3) is 4.88. The van der Waals surface area contributed by atoms with E-state index in [2.05, 4.69) is 15.6 Å². The second-order valence-electron chi connectivity index (χ2n) is 5.28. The number of fused-ring (bicyclic) bond motifs is 1. The Bertz CT molecular complexity index is 630. The smallest absolute Gasteiger partial charge is 0.219 e. The first-order chi connectivity index (χ1) is 10.7. The molecule has 0 fully saturated rings. The predicted molar refractivity (Wildman–Crippen MR) is 92.4 cm³/mol. The monoisotopic (exact) mass is 319 g/mol. The Morgan fingerprint density at radius 3 is 2.82 bits per heavy atom. The minimum Gasteiger partial charge on any atom is -0.384 e. The number of carbonyl (C=O) groups excluding carboxylic acids is 1. The standard InChI is InChI=1S/C17H22ClN3O/c1-19-17(22)6-4-2-3-5-10-20-15-9-11-21-16-12-13(18)7-8-14(15)16/h7-9,11-12H,2-6,10H2,1H3,(H,19,22)(H,20,21). The molecule has 0 atom stereocenters. The van der Waals surface area contributed by atoms with Gasteiger partial charge in [0.05, 0.1) is 5.52 Å². The number of nitrogens with one attached hydrogen (secondary N) is 2. The molecule has 0 aliphatic heterocycles. The van der Waals surface area contributed by atoms with E-state index in [1.165, 1.54) is 0 Å².